The van der Waals surface area contributed by atoms with Crippen LogP contribution >= 0.6 is 12.2 Å². The Kier molecular flexibility index (Phi) is 9.57. The summed E-state index contributed by atoms with van der Waals surface area (Å²) in [7, 11) is 1.57. The lowest BCUT2D eigenvalue weighted by molar-refractivity contribution is 0.0935. The lowest BCUT2D eigenvalue weighted by atomic mass is 10.2. The summed E-state index contributed by atoms with van der Waals surface area (Å²) in [5.41, 5.74) is 2.72. The third kappa shape index (κ3) is 7.99. The zero-order valence-electron chi connectivity index (χ0n) is 18.9. The lowest BCUT2D eigenvalue weighted by Crippen LogP contribution is -2.34. The van der Waals surface area contributed by atoms with Crippen LogP contribution in [0.2, 0.25) is 0 Å². The molecule has 0 atom stereocenters. The number of methoxy groups -OCH3 is 1. The molecular formula is C26H27N3O4S. The van der Waals surface area contributed by atoms with Gasteiger partial charge in [-0.15, -0.1) is 0 Å². The second kappa shape index (κ2) is 13.1. The second-order valence-electron chi connectivity index (χ2n) is 7.35. The summed E-state index contributed by atoms with van der Waals surface area (Å²) in [5.74, 6) is 0.123. The van der Waals surface area contributed by atoms with Crippen molar-refractivity contribution in [2.45, 2.75) is 6.42 Å². The Hall–Kier alpha value is -3.75. The molecule has 2 amide bonds. The Bertz CT molecular complexity index is 1100. The molecule has 0 aromatic heterocycles. The molecular weight excluding hydrogens is 450 g/mol. The third-order valence-electron chi connectivity index (χ3n) is 4.82. The maximum Gasteiger partial charge on any atom is 0.257 e. The molecule has 0 aliphatic rings. The van der Waals surface area contributed by atoms with Crippen molar-refractivity contribution in [2.24, 2.45) is 0 Å². The molecule has 176 valence electrons. The van der Waals surface area contributed by atoms with Crippen LogP contribution in [0.4, 0.5) is 5.69 Å². The predicted octanol–water partition coefficient (Wildman–Crippen LogP) is 3.81. The lowest BCUT2D eigenvalue weighted by Gasteiger charge is -2.11. The molecule has 8 heteroatoms. The normalized spacial score (nSPS) is 10.3. The Morgan fingerprint density at radius 1 is 0.853 bits per heavy atom. The highest BCUT2D eigenvalue weighted by molar-refractivity contribution is 7.80. The number of nitrogens with one attached hydrogen (secondary N) is 3. The summed E-state index contributed by atoms with van der Waals surface area (Å²) in [5, 5.41) is 8.46. The number of hydrogen-bond donors (Lipinski definition) is 3. The zero-order valence-corrected chi connectivity index (χ0v) is 19.7. The molecule has 0 aliphatic carbocycles. The van der Waals surface area contributed by atoms with Gasteiger partial charge in [-0.25, -0.2) is 0 Å². The SMILES string of the molecule is COCCNC(=O)c1cccc(NC(=S)NC(=O)c2ccc(OCCc3ccccc3)cc2)c1. The van der Waals surface area contributed by atoms with Crippen molar-refractivity contribution in [1.29, 1.82) is 0 Å². The summed E-state index contributed by atoms with van der Waals surface area (Å²) >= 11 is 5.25. The molecule has 34 heavy (non-hydrogen) atoms. The molecule has 0 fully saturated rings. The number of ether oxygens (including phenoxy) is 2. The van der Waals surface area contributed by atoms with Crippen molar-refractivity contribution >= 4 is 34.8 Å². The summed E-state index contributed by atoms with van der Waals surface area (Å²) < 4.78 is 10.7. The van der Waals surface area contributed by atoms with Crippen LogP contribution in [0.25, 0.3) is 0 Å². The van der Waals surface area contributed by atoms with Gasteiger partial charge in [-0.1, -0.05) is 36.4 Å². The fourth-order valence-corrected chi connectivity index (χ4v) is 3.29. The predicted molar refractivity (Wildman–Crippen MR) is 136 cm³/mol. The maximum absolute atomic E-state index is 12.5. The topological polar surface area (TPSA) is 88.7 Å². The van der Waals surface area contributed by atoms with E-state index in [0.29, 0.717) is 42.3 Å². The van der Waals surface area contributed by atoms with E-state index in [-0.39, 0.29) is 16.9 Å². The Labute approximate surface area is 204 Å². The van der Waals surface area contributed by atoms with Gasteiger partial charge in [0.15, 0.2) is 5.11 Å². The van der Waals surface area contributed by atoms with Gasteiger partial charge in [0.25, 0.3) is 11.8 Å². The second-order valence-corrected chi connectivity index (χ2v) is 7.75. The molecule has 0 saturated heterocycles. The number of amides is 2. The average molecular weight is 478 g/mol. The number of thiocarbonyl (C=S) groups is 1. The van der Waals surface area contributed by atoms with E-state index in [1.807, 2.05) is 18.2 Å². The van der Waals surface area contributed by atoms with Gasteiger partial charge < -0.3 is 20.1 Å². The number of hydrogen-bond acceptors (Lipinski definition) is 5. The van der Waals surface area contributed by atoms with Crippen LogP contribution in [0.5, 0.6) is 5.75 Å². The first-order valence-electron chi connectivity index (χ1n) is 10.8. The summed E-state index contributed by atoms with van der Waals surface area (Å²) in [4.78, 5) is 24.7. The largest absolute Gasteiger partial charge is 0.493 e. The Balaban J connectivity index is 1.47. The molecule has 0 aliphatic heterocycles. The minimum absolute atomic E-state index is 0.130. The fraction of sp³-hybridized carbons (Fsp3) is 0.192. The molecule has 0 heterocycles. The van der Waals surface area contributed by atoms with Crippen molar-refractivity contribution in [3.63, 3.8) is 0 Å². The monoisotopic (exact) mass is 477 g/mol. The van der Waals surface area contributed by atoms with Crippen LogP contribution in [-0.4, -0.2) is 43.8 Å². The number of carbonyl (C=O) groups excluding carboxylic acids is 2. The van der Waals surface area contributed by atoms with E-state index >= 15 is 0 Å². The van der Waals surface area contributed by atoms with Gasteiger partial charge in [0.1, 0.15) is 5.75 Å². The first-order chi connectivity index (χ1) is 16.5. The summed E-state index contributed by atoms with van der Waals surface area (Å²) in [6.07, 6.45) is 0.805. The molecule has 0 spiro atoms. The fourth-order valence-electron chi connectivity index (χ4n) is 3.08. The van der Waals surface area contributed by atoms with Crippen LogP contribution < -0.4 is 20.7 Å². The van der Waals surface area contributed by atoms with E-state index in [2.05, 4.69) is 28.1 Å². The van der Waals surface area contributed by atoms with Crippen LogP contribution in [-0.2, 0) is 11.2 Å². The Morgan fingerprint density at radius 2 is 1.62 bits per heavy atom. The van der Waals surface area contributed by atoms with E-state index in [4.69, 9.17) is 21.7 Å². The van der Waals surface area contributed by atoms with Gasteiger partial charge in [0, 0.05) is 36.9 Å². The minimum atomic E-state index is -0.346. The molecule has 3 aromatic carbocycles. The minimum Gasteiger partial charge on any atom is -0.493 e. The van der Waals surface area contributed by atoms with Gasteiger partial charge in [0.05, 0.1) is 13.2 Å². The van der Waals surface area contributed by atoms with E-state index in [0.717, 1.165) is 6.42 Å². The van der Waals surface area contributed by atoms with E-state index < -0.39 is 0 Å². The van der Waals surface area contributed by atoms with Crippen LogP contribution in [0, 0.1) is 0 Å². The highest BCUT2D eigenvalue weighted by Crippen LogP contribution is 2.14. The quantitative estimate of drug-likeness (QED) is 0.304. The van der Waals surface area contributed by atoms with Crippen LogP contribution in [0.1, 0.15) is 26.3 Å². The van der Waals surface area contributed by atoms with Crippen LogP contribution in [0.15, 0.2) is 78.9 Å². The van der Waals surface area contributed by atoms with Gasteiger partial charge in [-0.05, 0) is 60.2 Å². The van der Waals surface area contributed by atoms with Crippen molar-refractivity contribution in [3.05, 3.63) is 95.6 Å². The highest BCUT2D eigenvalue weighted by atomic mass is 32.1. The third-order valence-corrected chi connectivity index (χ3v) is 5.02. The smallest absolute Gasteiger partial charge is 0.257 e. The van der Waals surface area contributed by atoms with Gasteiger partial charge in [-0.2, -0.15) is 0 Å². The Morgan fingerprint density at radius 3 is 2.35 bits per heavy atom. The summed E-state index contributed by atoms with van der Waals surface area (Å²) in [6.45, 7) is 1.39. The van der Waals surface area contributed by atoms with Gasteiger partial charge >= 0.3 is 0 Å². The summed E-state index contributed by atoms with van der Waals surface area (Å²) in [6, 6.07) is 23.8. The molecule has 0 bridgehead atoms. The van der Waals surface area contributed by atoms with Crippen molar-refractivity contribution in [1.82, 2.24) is 10.6 Å². The molecule has 3 aromatic rings. The molecule has 0 saturated carbocycles. The molecule has 7 nitrogen and oxygen atoms in total. The molecule has 0 unspecified atom stereocenters. The van der Waals surface area contributed by atoms with E-state index in [1.54, 1.807) is 55.6 Å². The number of carbonyl (C=O) groups is 2. The van der Waals surface area contributed by atoms with Crippen molar-refractivity contribution in [2.75, 3.05) is 32.2 Å². The average Bonchev–Trinajstić information content (AvgIpc) is 2.85. The van der Waals surface area contributed by atoms with Crippen molar-refractivity contribution in [3.8, 4) is 5.75 Å². The van der Waals surface area contributed by atoms with Gasteiger partial charge in [0.2, 0.25) is 0 Å². The van der Waals surface area contributed by atoms with E-state index in [1.165, 1.54) is 5.56 Å². The van der Waals surface area contributed by atoms with E-state index in [9.17, 15) is 9.59 Å². The van der Waals surface area contributed by atoms with Crippen LogP contribution in [0.3, 0.4) is 0 Å². The maximum atomic E-state index is 12.5. The molecule has 3 N–H and O–H groups in total. The number of anilines is 1. The zero-order chi connectivity index (χ0) is 24.2. The number of benzene rings is 3. The van der Waals surface area contributed by atoms with Crippen molar-refractivity contribution < 1.29 is 19.1 Å². The number of rotatable bonds is 10. The first kappa shape index (κ1) is 24.9. The van der Waals surface area contributed by atoms with Gasteiger partial charge in [-0.3, -0.25) is 14.9 Å². The standard InChI is InChI=1S/C26H27N3O4S/c1-32-17-15-27-24(30)21-8-5-9-22(18-21)28-26(34)29-25(31)20-10-12-23(13-11-20)33-16-14-19-6-3-2-4-7-19/h2-13,18H,14-17H2,1H3,(H,27,30)(H2,28,29,31,34). The highest BCUT2D eigenvalue weighted by Gasteiger charge is 2.10. The first-order valence-corrected chi connectivity index (χ1v) is 11.2. The molecule has 0 radical (unpaired) electrons. The molecule has 3 rings (SSSR count).